The Morgan fingerprint density at radius 2 is 2.04 bits per heavy atom. The molecular weight excluding hydrogens is 286 g/mol. The van der Waals surface area contributed by atoms with E-state index < -0.39 is 0 Å². The molecule has 2 heterocycles. The zero-order chi connectivity index (χ0) is 15.6. The van der Waals surface area contributed by atoms with E-state index in [9.17, 15) is 0 Å². The summed E-state index contributed by atoms with van der Waals surface area (Å²) in [6.07, 6.45) is 3.45. The number of ether oxygens (including phenoxy) is 2. The molecule has 0 aliphatic carbocycles. The van der Waals surface area contributed by atoms with Gasteiger partial charge in [0.2, 0.25) is 0 Å². The maximum atomic E-state index is 6.02. The highest BCUT2D eigenvalue weighted by atomic mass is 16.5. The number of hydrogen-bond acceptors (Lipinski definition) is 3. The first-order chi connectivity index (χ1) is 11.3. The number of hydrogen-bond donors (Lipinski definition) is 0. The van der Waals surface area contributed by atoms with Crippen molar-refractivity contribution in [2.75, 3.05) is 20.3 Å². The SMILES string of the molecule is COc1ccc2c(c1)C1=CCCN(Cc3ccccc3)C1CO2. The lowest BCUT2D eigenvalue weighted by molar-refractivity contribution is 0.150. The molecule has 0 aromatic heterocycles. The molecule has 0 radical (unpaired) electrons. The summed E-state index contributed by atoms with van der Waals surface area (Å²) in [5.41, 5.74) is 3.91. The van der Waals surface area contributed by atoms with Crippen molar-refractivity contribution in [2.45, 2.75) is 19.0 Å². The van der Waals surface area contributed by atoms with E-state index in [1.54, 1.807) is 7.11 Å². The fourth-order valence-corrected chi connectivity index (χ4v) is 3.52. The van der Waals surface area contributed by atoms with Crippen molar-refractivity contribution in [3.63, 3.8) is 0 Å². The number of benzene rings is 2. The second kappa shape index (κ2) is 6.09. The van der Waals surface area contributed by atoms with Gasteiger partial charge in [0.15, 0.2) is 0 Å². The van der Waals surface area contributed by atoms with Gasteiger partial charge in [0.1, 0.15) is 18.1 Å². The molecule has 1 atom stereocenters. The lowest BCUT2D eigenvalue weighted by Gasteiger charge is -2.39. The minimum absolute atomic E-state index is 0.323. The Balaban J connectivity index is 1.63. The third-order valence-electron chi connectivity index (χ3n) is 4.70. The average Bonchev–Trinajstić information content (AvgIpc) is 2.62. The summed E-state index contributed by atoms with van der Waals surface area (Å²) in [5.74, 6) is 1.85. The van der Waals surface area contributed by atoms with Crippen LogP contribution in [0.3, 0.4) is 0 Å². The highest BCUT2D eigenvalue weighted by Crippen LogP contribution is 2.39. The fourth-order valence-electron chi connectivity index (χ4n) is 3.52. The molecule has 0 fully saturated rings. The molecule has 3 nitrogen and oxygen atoms in total. The monoisotopic (exact) mass is 307 g/mol. The van der Waals surface area contributed by atoms with Crippen molar-refractivity contribution >= 4 is 5.57 Å². The highest BCUT2D eigenvalue weighted by Gasteiger charge is 2.32. The molecule has 2 aromatic carbocycles. The molecule has 2 aliphatic heterocycles. The van der Waals surface area contributed by atoms with Crippen LogP contribution in [0.5, 0.6) is 11.5 Å². The van der Waals surface area contributed by atoms with Crippen LogP contribution in [0, 0.1) is 0 Å². The smallest absolute Gasteiger partial charge is 0.127 e. The normalized spacial score (nSPS) is 20.0. The molecular formula is C20H21NO2. The number of rotatable bonds is 3. The topological polar surface area (TPSA) is 21.7 Å². The Morgan fingerprint density at radius 1 is 1.17 bits per heavy atom. The zero-order valence-corrected chi connectivity index (χ0v) is 13.4. The first-order valence-electron chi connectivity index (χ1n) is 8.14. The summed E-state index contributed by atoms with van der Waals surface area (Å²) in [7, 11) is 1.71. The molecule has 2 aromatic rings. The predicted molar refractivity (Wildman–Crippen MR) is 91.7 cm³/mol. The van der Waals surface area contributed by atoms with E-state index in [1.165, 1.54) is 16.7 Å². The number of methoxy groups -OCH3 is 1. The highest BCUT2D eigenvalue weighted by molar-refractivity contribution is 5.77. The van der Waals surface area contributed by atoms with E-state index >= 15 is 0 Å². The number of nitrogens with zero attached hydrogens (tertiary/aromatic N) is 1. The molecule has 118 valence electrons. The van der Waals surface area contributed by atoms with Crippen molar-refractivity contribution in [3.05, 3.63) is 65.7 Å². The predicted octanol–water partition coefficient (Wildman–Crippen LogP) is 3.75. The van der Waals surface area contributed by atoms with Crippen LogP contribution in [-0.2, 0) is 6.54 Å². The average molecular weight is 307 g/mol. The molecule has 0 spiro atoms. The van der Waals surface area contributed by atoms with Gasteiger partial charge in [-0.1, -0.05) is 36.4 Å². The minimum atomic E-state index is 0.323. The fraction of sp³-hybridized carbons (Fsp3) is 0.300. The molecule has 0 amide bonds. The summed E-state index contributed by atoms with van der Waals surface area (Å²) in [4.78, 5) is 2.52. The zero-order valence-electron chi connectivity index (χ0n) is 13.4. The van der Waals surface area contributed by atoms with Crippen LogP contribution in [0.15, 0.2) is 54.6 Å². The Hall–Kier alpha value is -2.26. The van der Waals surface area contributed by atoms with Gasteiger partial charge in [-0.3, -0.25) is 4.90 Å². The minimum Gasteiger partial charge on any atom is -0.497 e. The van der Waals surface area contributed by atoms with E-state index in [0.717, 1.165) is 37.6 Å². The lowest BCUT2D eigenvalue weighted by Crippen LogP contribution is -2.44. The van der Waals surface area contributed by atoms with E-state index in [0.29, 0.717) is 6.04 Å². The molecule has 23 heavy (non-hydrogen) atoms. The summed E-state index contributed by atoms with van der Waals surface area (Å²) >= 11 is 0. The van der Waals surface area contributed by atoms with Crippen molar-refractivity contribution in [1.82, 2.24) is 4.90 Å². The van der Waals surface area contributed by atoms with E-state index in [-0.39, 0.29) is 0 Å². The summed E-state index contributed by atoms with van der Waals surface area (Å²) in [6, 6.07) is 17.1. The van der Waals surface area contributed by atoms with Gasteiger partial charge >= 0.3 is 0 Å². The van der Waals surface area contributed by atoms with Crippen LogP contribution in [-0.4, -0.2) is 31.2 Å². The molecule has 3 heteroatoms. The van der Waals surface area contributed by atoms with Gasteiger partial charge in [0.25, 0.3) is 0 Å². The lowest BCUT2D eigenvalue weighted by atomic mass is 9.90. The first-order valence-corrected chi connectivity index (χ1v) is 8.14. The molecule has 4 rings (SSSR count). The van der Waals surface area contributed by atoms with Crippen LogP contribution in [0.4, 0.5) is 0 Å². The van der Waals surface area contributed by atoms with E-state index in [4.69, 9.17) is 9.47 Å². The van der Waals surface area contributed by atoms with Crippen LogP contribution in [0.2, 0.25) is 0 Å². The van der Waals surface area contributed by atoms with Crippen LogP contribution >= 0.6 is 0 Å². The molecule has 0 saturated carbocycles. The van der Waals surface area contributed by atoms with Crippen molar-refractivity contribution < 1.29 is 9.47 Å². The van der Waals surface area contributed by atoms with Crippen LogP contribution in [0.1, 0.15) is 17.5 Å². The van der Waals surface area contributed by atoms with Crippen molar-refractivity contribution in [3.8, 4) is 11.5 Å². The maximum Gasteiger partial charge on any atom is 0.127 e. The van der Waals surface area contributed by atoms with Crippen LogP contribution < -0.4 is 9.47 Å². The van der Waals surface area contributed by atoms with Crippen molar-refractivity contribution in [2.24, 2.45) is 0 Å². The third-order valence-corrected chi connectivity index (χ3v) is 4.70. The van der Waals surface area contributed by atoms with Gasteiger partial charge in [0.05, 0.1) is 13.2 Å². The molecule has 2 aliphatic rings. The van der Waals surface area contributed by atoms with Crippen molar-refractivity contribution in [1.29, 1.82) is 0 Å². The quantitative estimate of drug-likeness (QED) is 0.862. The van der Waals surface area contributed by atoms with Gasteiger partial charge in [0, 0.05) is 18.7 Å². The van der Waals surface area contributed by atoms with E-state index in [1.807, 2.05) is 12.1 Å². The summed E-state index contributed by atoms with van der Waals surface area (Å²) in [6.45, 7) is 2.76. The van der Waals surface area contributed by atoms with Gasteiger partial charge in [-0.25, -0.2) is 0 Å². The molecule has 1 unspecified atom stereocenters. The standard InChI is InChI=1S/C20H21NO2/c1-22-16-9-10-20-18(12-16)17-8-5-11-21(19(17)14-23-20)13-15-6-3-2-4-7-15/h2-4,6-10,12,19H,5,11,13-14H2,1H3. The Bertz CT molecular complexity index is 724. The van der Waals surface area contributed by atoms with Crippen LogP contribution in [0.25, 0.3) is 5.57 Å². The summed E-state index contributed by atoms with van der Waals surface area (Å²) in [5, 5.41) is 0. The second-order valence-electron chi connectivity index (χ2n) is 6.09. The van der Waals surface area contributed by atoms with E-state index in [2.05, 4.69) is 47.4 Å². The summed E-state index contributed by atoms with van der Waals surface area (Å²) < 4.78 is 11.4. The maximum absolute atomic E-state index is 6.02. The number of fused-ring (bicyclic) bond motifs is 3. The molecule has 0 saturated heterocycles. The molecule has 0 bridgehead atoms. The van der Waals surface area contributed by atoms with Gasteiger partial charge < -0.3 is 9.47 Å². The Morgan fingerprint density at radius 3 is 2.87 bits per heavy atom. The van der Waals surface area contributed by atoms with Gasteiger partial charge in [-0.2, -0.15) is 0 Å². The van der Waals surface area contributed by atoms with Gasteiger partial charge in [-0.15, -0.1) is 0 Å². The third kappa shape index (κ3) is 2.73. The molecule has 0 N–H and O–H groups in total. The Labute approximate surface area is 137 Å². The second-order valence-corrected chi connectivity index (χ2v) is 6.09. The largest absolute Gasteiger partial charge is 0.497 e. The Kier molecular flexibility index (Phi) is 3.80. The first kappa shape index (κ1) is 14.3. The van der Waals surface area contributed by atoms with Gasteiger partial charge in [-0.05, 0) is 35.8 Å².